The average Bonchev–Trinajstić information content (AvgIpc) is 2.24. The number of alkyl halides is 3. The lowest BCUT2D eigenvalue weighted by atomic mass is 10.3. The molecule has 1 rings (SSSR count). The van der Waals surface area contributed by atoms with Crippen molar-refractivity contribution in [1.82, 2.24) is 15.6 Å². The zero-order valence-corrected chi connectivity index (χ0v) is 8.21. The van der Waals surface area contributed by atoms with Gasteiger partial charge in [-0.25, -0.2) is 4.79 Å². The van der Waals surface area contributed by atoms with Gasteiger partial charge in [-0.3, -0.25) is 4.98 Å². The molecule has 0 saturated carbocycles. The van der Waals surface area contributed by atoms with Gasteiger partial charge in [-0.05, 0) is 17.7 Å². The Labute approximate surface area is 89.9 Å². The summed E-state index contributed by atoms with van der Waals surface area (Å²) >= 11 is 0. The Bertz CT molecular complexity index is 340. The first kappa shape index (κ1) is 12.3. The standard InChI is InChI=1S/C9H10F3N3O/c10-9(11,12)6-15-8(16)14-5-7-1-3-13-4-2-7/h1-4H,5-6H2,(H2,14,15,16). The van der Waals surface area contributed by atoms with E-state index in [-0.39, 0.29) is 6.54 Å². The second kappa shape index (κ2) is 5.34. The molecular weight excluding hydrogens is 223 g/mol. The summed E-state index contributed by atoms with van der Waals surface area (Å²) in [6.45, 7) is -1.18. The molecular formula is C9H10F3N3O. The van der Waals surface area contributed by atoms with Crippen molar-refractivity contribution in [2.75, 3.05) is 6.54 Å². The highest BCUT2D eigenvalue weighted by Crippen LogP contribution is 2.11. The van der Waals surface area contributed by atoms with E-state index in [1.54, 1.807) is 17.4 Å². The van der Waals surface area contributed by atoms with Gasteiger partial charge in [-0.2, -0.15) is 13.2 Å². The van der Waals surface area contributed by atoms with Crippen molar-refractivity contribution in [1.29, 1.82) is 0 Å². The maximum atomic E-state index is 11.7. The highest BCUT2D eigenvalue weighted by molar-refractivity contribution is 5.73. The highest BCUT2D eigenvalue weighted by Gasteiger charge is 2.27. The second-order valence-electron chi connectivity index (χ2n) is 3.01. The van der Waals surface area contributed by atoms with Gasteiger partial charge in [0.25, 0.3) is 0 Å². The molecule has 0 bridgehead atoms. The highest BCUT2D eigenvalue weighted by atomic mass is 19.4. The van der Waals surface area contributed by atoms with Crippen LogP contribution in [0.5, 0.6) is 0 Å². The first-order valence-electron chi connectivity index (χ1n) is 4.45. The van der Waals surface area contributed by atoms with Crippen molar-refractivity contribution in [3.8, 4) is 0 Å². The Morgan fingerprint density at radius 2 is 1.88 bits per heavy atom. The molecule has 1 heterocycles. The minimum atomic E-state index is -4.39. The molecule has 0 aliphatic heterocycles. The van der Waals surface area contributed by atoms with E-state index in [4.69, 9.17) is 0 Å². The second-order valence-corrected chi connectivity index (χ2v) is 3.01. The fourth-order valence-corrected chi connectivity index (χ4v) is 0.926. The Hall–Kier alpha value is -1.79. The lowest BCUT2D eigenvalue weighted by molar-refractivity contribution is -0.122. The molecule has 2 N–H and O–H groups in total. The van der Waals surface area contributed by atoms with Crippen molar-refractivity contribution < 1.29 is 18.0 Å². The van der Waals surface area contributed by atoms with Crippen molar-refractivity contribution in [3.05, 3.63) is 30.1 Å². The Kier molecular flexibility index (Phi) is 4.10. The summed E-state index contributed by atoms with van der Waals surface area (Å²) in [7, 11) is 0. The van der Waals surface area contributed by atoms with Gasteiger partial charge in [0.2, 0.25) is 0 Å². The summed E-state index contributed by atoms with van der Waals surface area (Å²) in [6, 6.07) is 2.46. The molecule has 0 unspecified atom stereocenters. The summed E-state index contributed by atoms with van der Waals surface area (Å²) in [5.41, 5.74) is 0.761. The minimum absolute atomic E-state index is 0.159. The molecule has 0 radical (unpaired) electrons. The molecule has 0 fully saturated rings. The molecule has 0 saturated heterocycles. The molecule has 16 heavy (non-hydrogen) atoms. The Morgan fingerprint density at radius 3 is 2.44 bits per heavy atom. The number of carbonyl (C=O) groups is 1. The van der Waals surface area contributed by atoms with Crippen LogP contribution in [0.4, 0.5) is 18.0 Å². The third-order valence-corrected chi connectivity index (χ3v) is 1.65. The number of hydrogen-bond acceptors (Lipinski definition) is 2. The number of halogens is 3. The fourth-order valence-electron chi connectivity index (χ4n) is 0.926. The predicted octanol–water partition coefficient (Wildman–Crippen LogP) is 1.44. The Balaban J connectivity index is 2.26. The molecule has 0 aliphatic carbocycles. The number of aromatic nitrogens is 1. The predicted molar refractivity (Wildman–Crippen MR) is 50.5 cm³/mol. The van der Waals surface area contributed by atoms with E-state index in [9.17, 15) is 18.0 Å². The number of hydrogen-bond donors (Lipinski definition) is 2. The van der Waals surface area contributed by atoms with Crippen molar-refractivity contribution >= 4 is 6.03 Å². The number of nitrogens with one attached hydrogen (secondary N) is 2. The average molecular weight is 233 g/mol. The summed E-state index contributed by atoms with van der Waals surface area (Å²) < 4.78 is 35.2. The molecule has 1 aromatic heterocycles. The SMILES string of the molecule is O=C(NCc1ccncc1)NCC(F)(F)F. The van der Waals surface area contributed by atoms with Gasteiger partial charge >= 0.3 is 12.2 Å². The van der Waals surface area contributed by atoms with Gasteiger partial charge < -0.3 is 10.6 Å². The maximum Gasteiger partial charge on any atom is 0.405 e. The molecule has 0 aliphatic rings. The quantitative estimate of drug-likeness (QED) is 0.830. The number of carbonyl (C=O) groups excluding carboxylic acids is 1. The van der Waals surface area contributed by atoms with Crippen LogP contribution in [0, 0.1) is 0 Å². The van der Waals surface area contributed by atoms with Crippen LogP contribution in [0.1, 0.15) is 5.56 Å². The van der Waals surface area contributed by atoms with Crippen molar-refractivity contribution in [2.24, 2.45) is 0 Å². The lowest BCUT2D eigenvalue weighted by Crippen LogP contribution is -2.40. The zero-order chi connectivity index (χ0) is 12.0. The van der Waals surface area contributed by atoms with Crippen LogP contribution in [-0.4, -0.2) is 23.7 Å². The molecule has 0 atom stereocenters. The molecule has 0 aromatic carbocycles. The number of rotatable bonds is 3. The van der Waals surface area contributed by atoms with E-state index < -0.39 is 18.8 Å². The van der Waals surface area contributed by atoms with Crippen LogP contribution in [-0.2, 0) is 6.54 Å². The molecule has 88 valence electrons. The Morgan fingerprint density at radius 1 is 1.25 bits per heavy atom. The smallest absolute Gasteiger partial charge is 0.334 e. The van der Waals surface area contributed by atoms with Crippen molar-refractivity contribution in [2.45, 2.75) is 12.7 Å². The topological polar surface area (TPSA) is 54.0 Å². The number of amides is 2. The molecule has 0 spiro atoms. The zero-order valence-electron chi connectivity index (χ0n) is 8.21. The molecule has 4 nitrogen and oxygen atoms in total. The lowest BCUT2D eigenvalue weighted by Gasteiger charge is -2.09. The third-order valence-electron chi connectivity index (χ3n) is 1.65. The van der Waals surface area contributed by atoms with Crippen LogP contribution in [0.3, 0.4) is 0 Å². The minimum Gasteiger partial charge on any atom is -0.334 e. The first-order valence-corrected chi connectivity index (χ1v) is 4.45. The van der Waals surface area contributed by atoms with Crippen LogP contribution < -0.4 is 10.6 Å². The van der Waals surface area contributed by atoms with E-state index in [2.05, 4.69) is 10.3 Å². The molecule has 7 heteroatoms. The number of nitrogens with zero attached hydrogens (tertiary/aromatic N) is 1. The number of urea groups is 1. The van der Waals surface area contributed by atoms with Crippen molar-refractivity contribution in [3.63, 3.8) is 0 Å². The third kappa shape index (κ3) is 5.18. The van der Waals surface area contributed by atoms with Gasteiger partial charge in [0, 0.05) is 18.9 Å². The van der Waals surface area contributed by atoms with Crippen LogP contribution in [0.25, 0.3) is 0 Å². The largest absolute Gasteiger partial charge is 0.405 e. The summed E-state index contributed by atoms with van der Waals surface area (Å²) in [6.07, 6.45) is -1.33. The summed E-state index contributed by atoms with van der Waals surface area (Å²) in [5.74, 6) is 0. The molecule has 1 aromatic rings. The van der Waals surface area contributed by atoms with Gasteiger partial charge in [0.05, 0.1) is 0 Å². The maximum absolute atomic E-state index is 11.7. The fraction of sp³-hybridized carbons (Fsp3) is 0.333. The van der Waals surface area contributed by atoms with Gasteiger partial charge in [-0.15, -0.1) is 0 Å². The van der Waals surface area contributed by atoms with E-state index >= 15 is 0 Å². The van der Waals surface area contributed by atoms with Gasteiger partial charge in [-0.1, -0.05) is 0 Å². The summed E-state index contributed by atoms with van der Waals surface area (Å²) in [5, 5.41) is 4.00. The van der Waals surface area contributed by atoms with Gasteiger partial charge in [0.15, 0.2) is 0 Å². The normalized spacial score (nSPS) is 10.9. The van der Waals surface area contributed by atoms with Gasteiger partial charge in [0.1, 0.15) is 6.54 Å². The van der Waals surface area contributed by atoms with E-state index in [0.717, 1.165) is 5.56 Å². The van der Waals surface area contributed by atoms with E-state index in [0.29, 0.717) is 0 Å². The van der Waals surface area contributed by atoms with Crippen LogP contribution in [0.15, 0.2) is 24.5 Å². The monoisotopic (exact) mass is 233 g/mol. The molecule has 2 amide bonds. The first-order chi connectivity index (χ1) is 7.47. The number of pyridine rings is 1. The van der Waals surface area contributed by atoms with E-state index in [1.165, 1.54) is 12.4 Å². The van der Waals surface area contributed by atoms with Crippen LogP contribution in [0.2, 0.25) is 0 Å². The summed E-state index contributed by atoms with van der Waals surface area (Å²) in [4.78, 5) is 14.7. The van der Waals surface area contributed by atoms with E-state index in [1.807, 2.05) is 0 Å². The van der Waals surface area contributed by atoms with Crippen LogP contribution >= 0.6 is 0 Å².